The van der Waals surface area contributed by atoms with Gasteiger partial charge < -0.3 is 15.3 Å². The van der Waals surface area contributed by atoms with Crippen molar-refractivity contribution >= 4 is 12.0 Å². The Morgan fingerprint density at radius 2 is 2.05 bits per heavy atom. The molecule has 114 valence electrons. The third kappa shape index (κ3) is 3.74. The van der Waals surface area contributed by atoms with E-state index in [9.17, 15) is 14.7 Å². The van der Waals surface area contributed by atoms with Gasteiger partial charge in [-0.1, -0.05) is 37.3 Å². The molecular formula is C16H22N2O3. The van der Waals surface area contributed by atoms with E-state index in [4.69, 9.17) is 0 Å². The number of likely N-dealkylation sites (tertiary alicyclic amines) is 1. The van der Waals surface area contributed by atoms with E-state index in [0.717, 1.165) is 25.7 Å². The molecule has 5 nitrogen and oxygen atoms in total. The van der Waals surface area contributed by atoms with E-state index in [1.807, 2.05) is 6.07 Å². The Balaban J connectivity index is 2.10. The number of piperidine rings is 1. The number of urea groups is 1. The van der Waals surface area contributed by atoms with Gasteiger partial charge in [0.2, 0.25) is 0 Å². The highest BCUT2D eigenvalue weighted by Crippen LogP contribution is 2.21. The van der Waals surface area contributed by atoms with Crippen molar-refractivity contribution in [2.45, 2.75) is 44.7 Å². The number of carboxylic acids is 1. The van der Waals surface area contributed by atoms with Crippen molar-refractivity contribution in [1.29, 1.82) is 0 Å². The first kappa shape index (κ1) is 15.4. The minimum Gasteiger partial charge on any atom is -0.479 e. The number of rotatable bonds is 4. The van der Waals surface area contributed by atoms with Crippen LogP contribution in [0.25, 0.3) is 0 Å². The Morgan fingerprint density at radius 3 is 2.67 bits per heavy atom. The molecule has 2 unspecified atom stereocenters. The molecule has 21 heavy (non-hydrogen) atoms. The monoisotopic (exact) mass is 290 g/mol. The fourth-order valence-electron chi connectivity index (χ4n) is 2.83. The van der Waals surface area contributed by atoms with Gasteiger partial charge in [0.15, 0.2) is 6.04 Å². The molecule has 2 rings (SSSR count). The summed E-state index contributed by atoms with van der Waals surface area (Å²) in [5, 5.41) is 12.0. The smallest absolute Gasteiger partial charge is 0.330 e. The highest BCUT2D eigenvalue weighted by atomic mass is 16.4. The van der Waals surface area contributed by atoms with Crippen LogP contribution in [0.5, 0.6) is 0 Å². The maximum atomic E-state index is 12.4. The highest BCUT2D eigenvalue weighted by molar-refractivity contribution is 5.83. The molecule has 2 atom stereocenters. The lowest BCUT2D eigenvalue weighted by Gasteiger charge is -2.35. The van der Waals surface area contributed by atoms with Crippen molar-refractivity contribution in [3.05, 3.63) is 35.9 Å². The molecule has 0 saturated carbocycles. The number of carboxylic acid groups (broad SMARTS) is 1. The van der Waals surface area contributed by atoms with E-state index in [2.05, 4.69) is 12.2 Å². The second kappa shape index (κ2) is 7.11. The van der Waals surface area contributed by atoms with E-state index < -0.39 is 12.0 Å². The molecule has 0 aliphatic carbocycles. The maximum absolute atomic E-state index is 12.4. The van der Waals surface area contributed by atoms with Crippen LogP contribution >= 0.6 is 0 Å². The lowest BCUT2D eigenvalue weighted by atomic mass is 10.0. The fraction of sp³-hybridized carbons (Fsp3) is 0.500. The molecule has 0 spiro atoms. The number of aliphatic carboxylic acids is 1. The van der Waals surface area contributed by atoms with Crippen molar-refractivity contribution in [2.24, 2.45) is 0 Å². The van der Waals surface area contributed by atoms with Crippen molar-refractivity contribution in [1.82, 2.24) is 10.2 Å². The van der Waals surface area contributed by atoms with Gasteiger partial charge in [-0.2, -0.15) is 0 Å². The van der Waals surface area contributed by atoms with Crippen molar-refractivity contribution in [3.8, 4) is 0 Å². The van der Waals surface area contributed by atoms with Gasteiger partial charge in [0, 0.05) is 12.6 Å². The molecule has 0 bridgehead atoms. The summed E-state index contributed by atoms with van der Waals surface area (Å²) in [6.45, 7) is 2.76. The minimum absolute atomic E-state index is 0.212. The van der Waals surface area contributed by atoms with Gasteiger partial charge in [0.25, 0.3) is 0 Å². The Morgan fingerprint density at radius 1 is 1.33 bits per heavy atom. The molecule has 1 saturated heterocycles. The first-order valence-electron chi connectivity index (χ1n) is 7.48. The number of hydrogen-bond donors (Lipinski definition) is 2. The molecule has 1 heterocycles. The summed E-state index contributed by atoms with van der Waals surface area (Å²) in [4.78, 5) is 25.6. The molecular weight excluding hydrogens is 268 g/mol. The van der Waals surface area contributed by atoms with Crippen LogP contribution in [0, 0.1) is 0 Å². The number of nitrogens with zero attached hydrogens (tertiary/aromatic N) is 1. The SMILES string of the molecule is CCC1CCCCN1C(=O)NC(C(=O)O)c1ccccc1. The molecule has 2 N–H and O–H groups in total. The molecule has 0 aromatic heterocycles. The van der Waals surface area contributed by atoms with Gasteiger partial charge in [-0.15, -0.1) is 0 Å². The molecule has 1 aliphatic rings. The zero-order valence-electron chi connectivity index (χ0n) is 12.3. The summed E-state index contributed by atoms with van der Waals surface area (Å²) in [6, 6.07) is 7.72. The molecule has 0 radical (unpaired) electrons. The van der Waals surface area contributed by atoms with Gasteiger partial charge in [-0.05, 0) is 31.2 Å². The van der Waals surface area contributed by atoms with Crippen molar-refractivity contribution in [2.75, 3.05) is 6.54 Å². The van der Waals surface area contributed by atoms with E-state index in [0.29, 0.717) is 12.1 Å². The molecule has 1 fully saturated rings. The second-order valence-corrected chi connectivity index (χ2v) is 5.38. The molecule has 1 aliphatic heterocycles. The van der Waals surface area contributed by atoms with Gasteiger partial charge in [0.05, 0.1) is 0 Å². The van der Waals surface area contributed by atoms with E-state index in [1.165, 1.54) is 0 Å². The molecule has 5 heteroatoms. The highest BCUT2D eigenvalue weighted by Gasteiger charge is 2.29. The quantitative estimate of drug-likeness (QED) is 0.896. The lowest BCUT2D eigenvalue weighted by molar-refractivity contribution is -0.139. The van der Waals surface area contributed by atoms with Gasteiger partial charge in [0.1, 0.15) is 0 Å². The van der Waals surface area contributed by atoms with Crippen LogP contribution in [0.15, 0.2) is 30.3 Å². The van der Waals surface area contributed by atoms with Crippen LogP contribution in [-0.2, 0) is 4.79 Å². The van der Waals surface area contributed by atoms with Gasteiger partial charge >= 0.3 is 12.0 Å². The van der Waals surface area contributed by atoms with Crippen molar-refractivity contribution < 1.29 is 14.7 Å². The number of hydrogen-bond acceptors (Lipinski definition) is 2. The zero-order chi connectivity index (χ0) is 15.2. The summed E-state index contributed by atoms with van der Waals surface area (Å²) in [7, 11) is 0. The Hall–Kier alpha value is -2.04. The minimum atomic E-state index is -1.04. The Kier molecular flexibility index (Phi) is 5.20. The predicted molar refractivity (Wildman–Crippen MR) is 80.0 cm³/mol. The predicted octanol–water partition coefficient (Wildman–Crippen LogP) is 2.79. The van der Waals surface area contributed by atoms with Crippen LogP contribution in [-0.4, -0.2) is 34.6 Å². The summed E-state index contributed by atoms with van der Waals surface area (Å²) in [5.41, 5.74) is 0.586. The van der Waals surface area contributed by atoms with Crippen LogP contribution < -0.4 is 5.32 Å². The fourth-order valence-corrected chi connectivity index (χ4v) is 2.83. The van der Waals surface area contributed by atoms with Crippen molar-refractivity contribution in [3.63, 3.8) is 0 Å². The summed E-state index contributed by atoms with van der Waals surface area (Å²) < 4.78 is 0. The average molecular weight is 290 g/mol. The molecule has 1 aromatic rings. The van der Waals surface area contributed by atoms with Crippen LogP contribution in [0.1, 0.15) is 44.2 Å². The number of carbonyl (C=O) groups is 2. The first-order valence-corrected chi connectivity index (χ1v) is 7.48. The van der Waals surface area contributed by atoms with Gasteiger partial charge in [-0.25, -0.2) is 9.59 Å². The summed E-state index contributed by atoms with van der Waals surface area (Å²) >= 11 is 0. The second-order valence-electron chi connectivity index (χ2n) is 5.38. The first-order chi connectivity index (χ1) is 10.1. The van der Waals surface area contributed by atoms with Crippen LogP contribution in [0.3, 0.4) is 0 Å². The van der Waals surface area contributed by atoms with Crippen LogP contribution in [0.2, 0.25) is 0 Å². The molecule has 2 amide bonds. The third-order valence-electron chi connectivity index (χ3n) is 4.01. The van der Waals surface area contributed by atoms with E-state index in [1.54, 1.807) is 29.2 Å². The Labute approximate surface area is 125 Å². The maximum Gasteiger partial charge on any atom is 0.330 e. The molecule has 1 aromatic carbocycles. The summed E-state index contributed by atoms with van der Waals surface area (Å²) in [5.74, 6) is -1.04. The number of amides is 2. The topological polar surface area (TPSA) is 69.6 Å². The zero-order valence-corrected chi connectivity index (χ0v) is 12.3. The normalized spacial score (nSPS) is 19.9. The van der Waals surface area contributed by atoms with E-state index in [-0.39, 0.29) is 12.1 Å². The summed E-state index contributed by atoms with van der Waals surface area (Å²) in [6.07, 6.45) is 4.00. The average Bonchev–Trinajstić information content (AvgIpc) is 2.52. The number of carbonyl (C=O) groups excluding carboxylic acids is 1. The van der Waals surface area contributed by atoms with Crippen LogP contribution in [0.4, 0.5) is 4.79 Å². The largest absolute Gasteiger partial charge is 0.479 e. The van der Waals surface area contributed by atoms with E-state index >= 15 is 0 Å². The number of nitrogens with one attached hydrogen (secondary N) is 1. The lowest BCUT2D eigenvalue weighted by Crippen LogP contribution is -2.50. The Bertz CT molecular complexity index is 490. The third-order valence-corrected chi connectivity index (χ3v) is 4.01. The standard InChI is InChI=1S/C16H22N2O3/c1-2-13-10-6-7-11-18(13)16(21)17-14(15(19)20)12-8-4-3-5-9-12/h3-5,8-9,13-14H,2,6-7,10-11H2,1H3,(H,17,21)(H,19,20). The van der Waals surface area contributed by atoms with Gasteiger partial charge in [-0.3, -0.25) is 0 Å². The number of benzene rings is 1.